The molecule has 3 aromatic rings. The Morgan fingerprint density at radius 2 is 1.81 bits per heavy atom. The molecule has 0 radical (unpaired) electrons. The fourth-order valence-corrected chi connectivity index (χ4v) is 5.94. The zero-order valence-corrected chi connectivity index (χ0v) is 23.3. The predicted octanol–water partition coefficient (Wildman–Crippen LogP) is 5.28. The van der Waals surface area contributed by atoms with E-state index in [-0.39, 0.29) is 67.6 Å². The number of aromatic nitrogens is 2. The number of nitrogens with one attached hydrogen (secondary N) is 1. The molecule has 0 bridgehead atoms. The standard InChI is InChI=1S/C30H29ClF3N5O3/c31-24-8-2-1-7-23(24)26(27(42)37-21-9-13-30(33,34)14-10-21)38(22-6-3-5-20(32)17-22)18-29(19-40)12-11-25(41)39(29)28-35-15-4-16-36-28/h1-8,15-17,19,21,26H,9-14,18H2,(H,37,42)/t26-,29?/m0/s1. The SMILES string of the molecule is O=CC1(CN(c2cccc(F)c2)[C@H](C(=O)NC2CCC(F)(F)CC2)c2ccccc2Cl)CCC(=O)N1c1ncccn1. The van der Waals surface area contributed by atoms with Crippen LogP contribution in [0.2, 0.25) is 5.02 Å². The molecule has 1 aliphatic heterocycles. The lowest BCUT2D eigenvalue weighted by Gasteiger charge is -2.42. The molecule has 2 atom stereocenters. The van der Waals surface area contributed by atoms with Crippen LogP contribution in [0.5, 0.6) is 0 Å². The number of hydrogen-bond acceptors (Lipinski definition) is 6. The van der Waals surface area contributed by atoms with Crippen LogP contribution in [0.25, 0.3) is 0 Å². The van der Waals surface area contributed by atoms with Crippen LogP contribution in [0.15, 0.2) is 67.0 Å². The lowest BCUT2D eigenvalue weighted by molar-refractivity contribution is -0.124. The minimum atomic E-state index is -2.79. The zero-order chi connectivity index (χ0) is 29.9. The van der Waals surface area contributed by atoms with E-state index >= 15 is 0 Å². The molecule has 2 amide bonds. The molecular weight excluding hydrogens is 571 g/mol. The summed E-state index contributed by atoms with van der Waals surface area (Å²) < 4.78 is 42.3. The third-order valence-corrected chi connectivity index (χ3v) is 8.19. The summed E-state index contributed by atoms with van der Waals surface area (Å²) in [5.74, 6) is -4.29. The number of hydrogen-bond donors (Lipinski definition) is 1. The van der Waals surface area contributed by atoms with Gasteiger partial charge in [0.15, 0.2) is 0 Å². The zero-order valence-electron chi connectivity index (χ0n) is 22.6. The Balaban J connectivity index is 1.60. The summed E-state index contributed by atoms with van der Waals surface area (Å²) in [6.45, 7) is -0.240. The highest BCUT2D eigenvalue weighted by Crippen LogP contribution is 2.39. The van der Waals surface area contributed by atoms with Crippen molar-refractivity contribution in [1.29, 1.82) is 0 Å². The number of carbonyl (C=O) groups is 3. The first-order valence-electron chi connectivity index (χ1n) is 13.6. The third kappa shape index (κ3) is 6.11. The fourth-order valence-electron chi connectivity index (χ4n) is 5.70. The first-order valence-corrected chi connectivity index (χ1v) is 14.0. The van der Waals surface area contributed by atoms with Gasteiger partial charge >= 0.3 is 0 Å². The van der Waals surface area contributed by atoms with Crippen LogP contribution >= 0.6 is 11.6 Å². The lowest BCUT2D eigenvalue weighted by atomic mass is 9.91. The molecule has 2 aliphatic rings. The number of alkyl halides is 2. The summed E-state index contributed by atoms with van der Waals surface area (Å²) in [4.78, 5) is 51.3. The summed E-state index contributed by atoms with van der Waals surface area (Å²) in [5.41, 5.74) is -0.910. The maximum atomic E-state index is 14.6. The molecule has 12 heteroatoms. The van der Waals surface area contributed by atoms with Crippen molar-refractivity contribution in [3.05, 3.63) is 83.4 Å². The van der Waals surface area contributed by atoms with E-state index in [0.717, 1.165) is 0 Å². The van der Waals surface area contributed by atoms with Crippen molar-refractivity contribution < 1.29 is 27.6 Å². The quantitative estimate of drug-likeness (QED) is 0.337. The largest absolute Gasteiger partial charge is 0.353 e. The van der Waals surface area contributed by atoms with Gasteiger partial charge in [-0.25, -0.2) is 23.1 Å². The molecule has 42 heavy (non-hydrogen) atoms. The minimum Gasteiger partial charge on any atom is -0.353 e. The van der Waals surface area contributed by atoms with Crippen molar-refractivity contribution in [1.82, 2.24) is 15.3 Å². The topological polar surface area (TPSA) is 95.5 Å². The molecule has 2 heterocycles. The molecule has 1 aliphatic carbocycles. The molecule has 1 saturated heterocycles. The Kier molecular flexibility index (Phi) is 8.49. The van der Waals surface area contributed by atoms with Gasteiger partial charge in [0.25, 0.3) is 0 Å². The van der Waals surface area contributed by atoms with Gasteiger partial charge in [0, 0.05) is 60.5 Å². The van der Waals surface area contributed by atoms with Gasteiger partial charge in [0.1, 0.15) is 23.7 Å². The lowest BCUT2D eigenvalue weighted by Crippen LogP contribution is -2.58. The highest BCUT2D eigenvalue weighted by molar-refractivity contribution is 6.31. The Morgan fingerprint density at radius 3 is 2.48 bits per heavy atom. The summed E-state index contributed by atoms with van der Waals surface area (Å²) in [6.07, 6.45) is 3.09. The molecule has 0 spiro atoms. The van der Waals surface area contributed by atoms with Gasteiger partial charge < -0.3 is 15.0 Å². The first kappa shape index (κ1) is 29.5. The summed E-state index contributed by atoms with van der Waals surface area (Å²) in [6, 6.07) is 12.0. The van der Waals surface area contributed by atoms with Crippen molar-refractivity contribution in [2.75, 3.05) is 16.3 Å². The predicted molar refractivity (Wildman–Crippen MR) is 151 cm³/mol. The highest BCUT2D eigenvalue weighted by Gasteiger charge is 2.50. The molecule has 5 rings (SSSR count). The van der Waals surface area contributed by atoms with Gasteiger partial charge in [-0.05, 0) is 49.6 Å². The van der Waals surface area contributed by atoms with Crippen LogP contribution in [0, 0.1) is 5.82 Å². The van der Waals surface area contributed by atoms with Gasteiger partial charge in [-0.15, -0.1) is 0 Å². The van der Waals surface area contributed by atoms with Crippen LogP contribution in [-0.4, -0.2) is 52.1 Å². The molecule has 2 aromatic carbocycles. The molecule has 1 aromatic heterocycles. The molecule has 1 N–H and O–H groups in total. The third-order valence-electron chi connectivity index (χ3n) is 7.85. The smallest absolute Gasteiger partial charge is 0.248 e. The van der Waals surface area contributed by atoms with Crippen molar-refractivity contribution >= 4 is 41.3 Å². The van der Waals surface area contributed by atoms with Crippen molar-refractivity contribution in [3.63, 3.8) is 0 Å². The second-order valence-electron chi connectivity index (χ2n) is 10.7. The summed E-state index contributed by atoms with van der Waals surface area (Å²) in [5, 5.41) is 3.13. The molecule has 8 nitrogen and oxygen atoms in total. The van der Waals surface area contributed by atoms with Crippen molar-refractivity contribution in [3.8, 4) is 0 Å². The fraction of sp³-hybridized carbons (Fsp3) is 0.367. The first-order chi connectivity index (χ1) is 20.1. The van der Waals surface area contributed by atoms with E-state index in [0.29, 0.717) is 11.8 Å². The number of carbonyl (C=O) groups excluding carboxylic acids is 3. The average molecular weight is 600 g/mol. The summed E-state index contributed by atoms with van der Waals surface area (Å²) >= 11 is 6.60. The van der Waals surface area contributed by atoms with E-state index in [1.165, 1.54) is 40.4 Å². The second kappa shape index (κ2) is 12.1. The number of anilines is 2. The number of aldehydes is 1. The molecule has 2 fully saturated rings. The molecule has 1 saturated carbocycles. The Labute approximate surface area is 245 Å². The molecular formula is C30H29ClF3N5O3. The van der Waals surface area contributed by atoms with Crippen molar-refractivity contribution in [2.45, 2.75) is 62.1 Å². The van der Waals surface area contributed by atoms with E-state index in [9.17, 15) is 27.6 Å². The monoisotopic (exact) mass is 599 g/mol. The minimum absolute atomic E-state index is 0.0211. The van der Waals surface area contributed by atoms with E-state index in [1.807, 2.05) is 0 Å². The van der Waals surface area contributed by atoms with Crippen molar-refractivity contribution in [2.24, 2.45) is 0 Å². The van der Waals surface area contributed by atoms with Crippen LogP contribution in [0.1, 0.15) is 50.1 Å². The highest BCUT2D eigenvalue weighted by atomic mass is 35.5. The normalized spacial score (nSPS) is 21.1. The van der Waals surface area contributed by atoms with E-state index in [2.05, 4.69) is 15.3 Å². The average Bonchev–Trinajstić information content (AvgIpc) is 3.31. The number of rotatable bonds is 9. The van der Waals surface area contributed by atoms with Gasteiger partial charge in [-0.1, -0.05) is 35.9 Å². The second-order valence-corrected chi connectivity index (χ2v) is 11.1. The maximum Gasteiger partial charge on any atom is 0.248 e. The van der Waals surface area contributed by atoms with Gasteiger partial charge in [-0.3, -0.25) is 14.5 Å². The number of amides is 2. The van der Waals surface area contributed by atoms with Crippen LogP contribution in [0.4, 0.5) is 24.8 Å². The van der Waals surface area contributed by atoms with Crippen LogP contribution < -0.4 is 15.1 Å². The summed E-state index contributed by atoms with van der Waals surface area (Å²) in [7, 11) is 0. The van der Waals surface area contributed by atoms with Crippen LogP contribution in [0.3, 0.4) is 0 Å². The maximum absolute atomic E-state index is 14.6. The Hall–Kier alpha value is -3.99. The van der Waals surface area contributed by atoms with E-state index in [1.54, 1.807) is 36.4 Å². The Morgan fingerprint density at radius 1 is 1.10 bits per heavy atom. The number of nitrogens with zero attached hydrogens (tertiary/aromatic N) is 4. The van der Waals surface area contributed by atoms with E-state index in [4.69, 9.17) is 11.6 Å². The molecule has 220 valence electrons. The number of halogens is 4. The van der Waals surface area contributed by atoms with Gasteiger partial charge in [0.05, 0.1) is 0 Å². The molecule has 1 unspecified atom stereocenters. The van der Waals surface area contributed by atoms with Gasteiger partial charge in [0.2, 0.25) is 23.7 Å². The van der Waals surface area contributed by atoms with E-state index < -0.39 is 35.3 Å². The Bertz CT molecular complexity index is 1450. The number of benzene rings is 2. The van der Waals surface area contributed by atoms with Gasteiger partial charge in [-0.2, -0.15) is 0 Å². The van der Waals surface area contributed by atoms with Crippen LogP contribution in [-0.2, 0) is 14.4 Å².